The fourth-order valence-electron chi connectivity index (χ4n) is 1.23. The van der Waals surface area contributed by atoms with Crippen LogP contribution in [0.25, 0.3) is 0 Å². The Morgan fingerprint density at radius 3 is 2.24 bits per heavy atom. The van der Waals surface area contributed by atoms with E-state index in [9.17, 15) is 0 Å². The summed E-state index contributed by atoms with van der Waals surface area (Å²) in [6.45, 7) is 8.90. The molecule has 2 aliphatic carbocycles. The van der Waals surface area contributed by atoms with Crippen LogP contribution in [0.5, 0.6) is 0 Å². The molecule has 90 valence electrons. The maximum absolute atomic E-state index is 3.24. The van der Waals surface area contributed by atoms with Gasteiger partial charge in [0.15, 0.2) is 0 Å². The summed E-state index contributed by atoms with van der Waals surface area (Å²) >= 11 is 1.74. The van der Waals surface area contributed by atoms with Crippen LogP contribution < -0.4 is 0 Å². The van der Waals surface area contributed by atoms with Crippen LogP contribution >= 0.6 is 0 Å². The molecule has 0 N–H and O–H groups in total. The Balaban J connectivity index is 0.000000246. The molecule has 0 amide bonds. The van der Waals surface area contributed by atoms with Crippen molar-refractivity contribution in [1.29, 1.82) is 0 Å². The molecule has 2 heteroatoms. The topological polar surface area (TPSA) is 0 Å². The zero-order valence-electron chi connectivity index (χ0n) is 11.4. The number of allylic oxidation sites excluding steroid dienone is 8. The maximum Gasteiger partial charge on any atom is -0.109 e. The Kier molecular flexibility index (Phi) is 11.2. The molecule has 0 saturated heterocycles. The van der Waals surface area contributed by atoms with Crippen LogP contribution in [0, 0.1) is 12.2 Å². The minimum atomic E-state index is 0.210. The molecule has 0 aliphatic heterocycles. The van der Waals surface area contributed by atoms with Gasteiger partial charge < -0.3 is 0 Å². The van der Waals surface area contributed by atoms with Gasteiger partial charge in [0.1, 0.15) is 0 Å². The third-order valence-electron chi connectivity index (χ3n) is 2.05. The molecule has 0 atom stereocenters. The monoisotopic (exact) mass is 320 g/mol. The number of rotatable bonds is 1. The molecular weight excluding hydrogens is 299 g/mol. The average Bonchev–Trinajstić information content (AvgIpc) is 2.89. The van der Waals surface area contributed by atoms with Gasteiger partial charge >= 0.3 is 41.9 Å². The van der Waals surface area contributed by atoms with Crippen molar-refractivity contribution in [2.75, 3.05) is 0 Å². The van der Waals surface area contributed by atoms with Gasteiger partial charge in [0, 0.05) is 0 Å². The van der Waals surface area contributed by atoms with Crippen molar-refractivity contribution >= 4 is 5.43 Å². The first-order chi connectivity index (χ1) is 8.06. The fraction of sp³-hybridized carbons (Fsp3) is 0.467. The molecule has 0 spiro atoms. The van der Waals surface area contributed by atoms with Gasteiger partial charge in [-0.15, -0.1) is 12.8 Å². The van der Waals surface area contributed by atoms with Gasteiger partial charge in [-0.1, -0.05) is 20.3 Å². The van der Waals surface area contributed by atoms with E-state index in [1.54, 1.807) is 23.3 Å². The molecule has 0 heterocycles. The molecule has 0 unspecified atom stereocenters. The SMILES string of the molecule is CCC1=CC(C)=[C-]C1.C[Si](C)=[Zr+2].[C-]1=CC=CC1. The van der Waals surface area contributed by atoms with Crippen molar-refractivity contribution in [3.05, 3.63) is 47.6 Å². The van der Waals surface area contributed by atoms with E-state index in [4.69, 9.17) is 0 Å². The summed E-state index contributed by atoms with van der Waals surface area (Å²) in [6.07, 6.45) is 17.7. The zero-order valence-corrected chi connectivity index (χ0v) is 14.9. The molecule has 0 fully saturated rings. The van der Waals surface area contributed by atoms with Crippen LogP contribution in [0.4, 0.5) is 0 Å². The summed E-state index contributed by atoms with van der Waals surface area (Å²) in [5.74, 6) is 0. The molecule has 0 aromatic carbocycles. The van der Waals surface area contributed by atoms with Gasteiger partial charge in [-0.05, 0) is 0 Å². The summed E-state index contributed by atoms with van der Waals surface area (Å²) in [7, 11) is 0. The Morgan fingerprint density at radius 1 is 1.41 bits per heavy atom. The first-order valence-electron chi connectivity index (χ1n) is 6.06. The van der Waals surface area contributed by atoms with Crippen molar-refractivity contribution in [1.82, 2.24) is 0 Å². The van der Waals surface area contributed by atoms with E-state index in [-0.39, 0.29) is 5.43 Å². The molecule has 0 bridgehead atoms. The summed E-state index contributed by atoms with van der Waals surface area (Å²) in [6, 6.07) is 0. The van der Waals surface area contributed by atoms with E-state index in [1.807, 2.05) is 12.2 Å². The van der Waals surface area contributed by atoms with Crippen LogP contribution in [0.1, 0.15) is 33.1 Å². The van der Waals surface area contributed by atoms with Crippen LogP contribution in [-0.2, 0) is 23.3 Å². The molecule has 17 heavy (non-hydrogen) atoms. The normalized spacial score (nSPS) is 15.4. The number of hydrogen-bond acceptors (Lipinski definition) is 0. The Bertz CT molecular complexity index is 332. The van der Waals surface area contributed by atoms with Crippen molar-refractivity contribution in [2.45, 2.75) is 46.2 Å². The van der Waals surface area contributed by atoms with Gasteiger partial charge in [-0.25, -0.2) is 23.8 Å². The first-order valence-corrected chi connectivity index (χ1v) is 12.2. The molecular formula is C15H22SiZr. The Hall–Kier alpha value is 0.0600. The summed E-state index contributed by atoms with van der Waals surface area (Å²) in [5, 5.41) is 0. The second-order valence-corrected chi connectivity index (χ2v) is 13.6. The Morgan fingerprint density at radius 2 is 2.06 bits per heavy atom. The molecule has 2 rings (SSSR count). The van der Waals surface area contributed by atoms with Crippen LogP contribution in [0.15, 0.2) is 35.5 Å². The molecule has 2 aliphatic rings. The van der Waals surface area contributed by atoms with E-state index in [2.05, 4.69) is 51.2 Å². The van der Waals surface area contributed by atoms with Gasteiger partial charge in [-0.2, -0.15) is 11.6 Å². The molecule has 0 aromatic heterocycles. The first kappa shape index (κ1) is 17.1. The van der Waals surface area contributed by atoms with Crippen LogP contribution in [0.2, 0.25) is 13.1 Å². The van der Waals surface area contributed by atoms with E-state index in [1.165, 1.54) is 17.6 Å². The quantitative estimate of drug-likeness (QED) is 0.490. The van der Waals surface area contributed by atoms with Gasteiger partial charge in [0.2, 0.25) is 0 Å². The minimum absolute atomic E-state index is 0.210. The third-order valence-corrected chi connectivity index (χ3v) is 2.05. The summed E-state index contributed by atoms with van der Waals surface area (Å²) in [4.78, 5) is 0. The van der Waals surface area contributed by atoms with E-state index in [0.29, 0.717) is 0 Å². The average molecular weight is 322 g/mol. The molecule has 0 saturated carbocycles. The largest absolute Gasteiger partial charge is 0.273 e. The second kappa shape index (κ2) is 11.2. The maximum atomic E-state index is 3.24. The van der Waals surface area contributed by atoms with E-state index >= 15 is 0 Å². The minimum Gasteiger partial charge on any atom is -0.273 e. The van der Waals surface area contributed by atoms with Gasteiger partial charge in [0.25, 0.3) is 0 Å². The van der Waals surface area contributed by atoms with Crippen molar-refractivity contribution in [3.8, 4) is 0 Å². The molecule has 0 radical (unpaired) electrons. The molecule has 0 nitrogen and oxygen atoms in total. The predicted molar refractivity (Wildman–Crippen MR) is 74.5 cm³/mol. The van der Waals surface area contributed by atoms with Gasteiger partial charge in [-0.3, -0.25) is 12.2 Å². The zero-order chi connectivity index (χ0) is 13.1. The fourth-order valence-corrected chi connectivity index (χ4v) is 1.23. The number of hydrogen-bond donors (Lipinski definition) is 0. The van der Waals surface area contributed by atoms with Crippen molar-refractivity contribution in [2.24, 2.45) is 0 Å². The van der Waals surface area contributed by atoms with Crippen molar-refractivity contribution < 1.29 is 23.3 Å². The molecule has 0 aromatic rings. The van der Waals surface area contributed by atoms with E-state index in [0.717, 1.165) is 12.8 Å². The smallest absolute Gasteiger partial charge is 0.109 e. The Labute approximate surface area is 122 Å². The van der Waals surface area contributed by atoms with Crippen LogP contribution in [-0.4, -0.2) is 5.43 Å². The second-order valence-electron chi connectivity index (χ2n) is 4.20. The third kappa shape index (κ3) is 12.3. The predicted octanol–water partition coefficient (Wildman–Crippen LogP) is 4.57. The van der Waals surface area contributed by atoms with Crippen LogP contribution in [0.3, 0.4) is 0 Å². The van der Waals surface area contributed by atoms with E-state index < -0.39 is 0 Å². The summed E-state index contributed by atoms with van der Waals surface area (Å²) < 4.78 is 0. The summed E-state index contributed by atoms with van der Waals surface area (Å²) in [5.41, 5.74) is 3.03. The standard InChI is InChI=1S/C8H11.C5H5.C2H6Si.Zr/c1-3-8-5-4-7(2)6-8;1-2-4-5-3-1;1-3-2;/h6H,3,5H2,1-2H3;1-3H,4H2;1-2H3;/q2*-1;;+2. The van der Waals surface area contributed by atoms with Crippen molar-refractivity contribution in [3.63, 3.8) is 0 Å². The van der Waals surface area contributed by atoms with Gasteiger partial charge in [0.05, 0.1) is 0 Å².